The Morgan fingerprint density at radius 2 is 2.21 bits per heavy atom. The molecule has 0 fully saturated rings. The molecule has 2 nitrogen and oxygen atoms in total. The average Bonchev–Trinajstić information content (AvgIpc) is 2.18. The maximum atomic E-state index is 13.5. The van der Waals surface area contributed by atoms with E-state index in [0.29, 0.717) is 0 Å². The van der Waals surface area contributed by atoms with E-state index in [0.717, 1.165) is 0 Å². The van der Waals surface area contributed by atoms with Crippen molar-refractivity contribution in [1.29, 1.82) is 0 Å². The second kappa shape index (κ2) is 4.62. The lowest BCUT2D eigenvalue weighted by Crippen LogP contribution is -2.05. The first-order valence-electron chi connectivity index (χ1n) is 3.73. The summed E-state index contributed by atoms with van der Waals surface area (Å²) in [6.07, 6.45) is 0. The predicted octanol–water partition coefficient (Wildman–Crippen LogP) is 2.91. The molecule has 0 N–H and O–H groups in total. The SMILES string of the molecule is COc1c(Cl)ccc(C(=O)CCl)c1F. The predicted molar refractivity (Wildman–Crippen MR) is 53.0 cm³/mol. The molecule has 0 heterocycles. The van der Waals surface area contributed by atoms with Crippen LogP contribution >= 0.6 is 23.2 Å². The second-order valence-electron chi connectivity index (χ2n) is 2.50. The highest BCUT2D eigenvalue weighted by Crippen LogP contribution is 2.29. The van der Waals surface area contributed by atoms with Crippen molar-refractivity contribution in [3.63, 3.8) is 0 Å². The number of alkyl halides is 1. The van der Waals surface area contributed by atoms with Crippen LogP contribution in [0.4, 0.5) is 4.39 Å². The molecule has 0 saturated carbocycles. The van der Waals surface area contributed by atoms with E-state index in [4.69, 9.17) is 27.9 Å². The Hall–Kier alpha value is -0.800. The molecule has 0 aromatic heterocycles. The summed E-state index contributed by atoms with van der Waals surface area (Å²) in [5.74, 6) is -1.69. The Kier molecular flexibility index (Phi) is 3.72. The van der Waals surface area contributed by atoms with E-state index in [2.05, 4.69) is 0 Å². The Balaban J connectivity index is 3.28. The van der Waals surface area contributed by atoms with Gasteiger partial charge in [-0.05, 0) is 12.1 Å². The van der Waals surface area contributed by atoms with E-state index in [-0.39, 0.29) is 22.2 Å². The number of hydrogen-bond acceptors (Lipinski definition) is 2. The third-order valence-electron chi connectivity index (χ3n) is 1.67. The van der Waals surface area contributed by atoms with Crippen molar-refractivity contribution in [2.75, 3.05) is 13.0 Å². The van der Waals surface area contributed by atoms with Gasteiger partial charge in [-0.3, -0.25) is 4.79 Å². The minimum Gasteiger partial charge on any atom is -0.492 e. The van der Waals surface area contributed by atoms with Crippen molar-refractivity contribution in [1.82, 2.24) is 0 Å². The van der Waals surface area contributed by atoms with Crippen molar-refractivity contribution in [2.24, 2.45) is 0 Å². The third kappa shape index (κ3) is 1.99. The number of ketones is 1. The van der Waals surface area contributed by atoms with Crippen LogP contribution in [0.3, 0.4) is 0 Å². The lowest BCUT2D eigenvalue weighted by Gasteiger charge is -2.07. The summed E-state index contributed by atoms with van der Waals surface area (Å²) in [7, 11) is 1.28. The number of carbonyl (C=O) groups is 1. The molecule has 0 aliphatic carbocycles. The molecule has 0 amide bonds. The van der Waals surface area contributed by atoms with Gasteiger partial charge in [-0.2, -0.15) is 0 Å². The van der Waals surface area contributed by atoms with Crippen LogP contribution in [-0.4, -0.2) is 18.8 Å². The van der Waals surface area contributed by atoms with Gasteiger partial charge in [0.15, 0.2) is 17.3 Å². The van der Waals surface area contributed by atoms with Crippen LogP contribution in [0.25, 0.3) is 0 Å². The topological polar surface area (TPSA) is 26.3 Å². The Morgan fingerprint density at radius 3 is 2.71 bits per heavy atom. The zero-order valence-corrected chi connectivity index (χ0v) is 8.82. The van der Waals surface area contributed by atoms with Crippen LogP contribution in [0.1, 0.15) is 10.4 Å². The van der Waals surface area contributed by atoms with Gasteiger partial charge in [0, 0.05) is 0 Å². The van der Waals surface area contributed by atoms with E-state index in [1.165, 1.54) is 19.2 Å². The van der Waals surface area contributed by atoms with Gasteiger partial charge in [-0.1, -0.05) is 11.6 Å². The van der Waals surface area contributed by atoms with Gasteiger partial charge in [-0.15, -0.1) is 11.6 Å². The number of carbonyl (C=O) groups excluding carboxylic acids is 1. The summed E-state index contributed by atoms with van der Waals surface area (Å²) in [5.41, 5.74) is -0.110. The van der Waals surface area contributed by atoms with Crippen molar-refractivity contribution in [3.8, 4) is 5.75 Å². The lowest BCUT2D eigenvalue weighted by atomic mass is 10.1. The van der Waals surface area contributed by atoms with Gasteiger partial charge in [0.25, 0.3) is 0 Å². The van der Waals surface area contributed by atoms with E-state index < -0.39 is 11.6 Å². The first kappa shape index (κ1) is 11.3. The number of rotatable bonds is 3. The van der Waals surface area contributed by atoms with Crippen LogP contribution in [0.15, 0.2) is 12.1 Å². The smallest absolute Gasteiger partial charge is 0.180 e. The van der Waals surface area contributed by atoms with E-state index in [9.17, 15) is 9.18 Å². The molecular weight excluding hydrogens is 230 g/mol. The highest BCUT2D eigenvalue weighted by molar-refractivity contribution is 6.33. The van der Waals surface area contributed by atoms with Crippen molar-refractivity contribution >= 4 is 29.0 Å². The number of Topliss-reactive ketones (excluding diaryl/α,β-unsaturated/α-hetero) is 1. The molecule has 0 spiro atoms. The van der Waals surface area contributed by atoms with Gasteiger partial charge in [0.2, 0.25) is 0 Å². The molecule has 0 bridgehead atoms. The Bertz CT molecular complexity index is 366. The molecule has 1 rings (SSSR count). The fourth-order valence-corrected chi connectivity index (χ4v) is 1.37. The molecule has 0 aliphatic heterocycles. The van der Waals surface area contributed by atoms with Crippen molar-refractivity contribution < 1.29 is 13.9 Å². The summed E-state index contributed by atoms with van der Waals surface area (Å²) >= 11 is 10.9. The minimum absolute atomic E-state index is 0.110. The van der Waals surface area contributed by atoms with Crippen LogP contribution in [0.2, 0.25) is 5.02 Å². The third-order valence-corrected chi connectivity index (χ3v) is 2.22. The number of halogens is 3. The van der Waals surface area contributed by atoms with Crippen LogP contribution in [0.5, 0.6) is 5.75 Å². The van der Waals surface area contributed by atoms with Crippen molar-refractivity contribution in [3.05, 3.63) is 28.5 Å². The quantitative estimate of drug-likeness (QED) is 0.596. The Morgan fingerprint density at radius 1 is 1.57 bits per heavy atom. The molecular formula is C9H7Cl2FO2. The number of hydrogen-bond donors (Lipinski definition) is 0. The number of ether oxygens (including phenoxy) is 1. The minimum atomic E-state index is -0.773. The molecule has 0 unspecified atom stereocenters. The highest BCUT2D eigenvalue weighted by Gasteiger charge is 2.17. The fourth-order valence-electron chi connectivity index (χ4n) is 1.01. The van der Waals surface area contributed by atoms with Crippen LogP contribution < -0.4 is 4.74 Å². The lowest BCUT2D eigenvalue weighted by molar-refractivity contribution is 0.101. The molecule has 0 aliphatic rings. The van der Waals surface area contributed by atoms with E-state index >= 15 is 0 Å². The number of benzene rings is 1. The van der Waals surface area contributed by atoms with Gasteiger partial charge < -0.3 is 4.74 Å². The molecule has 14 heavy (non-hydrogen) atoms. The first-order valence-corrected chi connectivity index (χ1v) is 4.64. The second-order valence-corrected chi connectivity index (χ2v) is 3.17. The van der Waals surface area contributed by atoms with Crippen molar-refractivity contribution in [2.45, 2.75) is 0 Å². The summed E-state index contributed by atoms with van der Waals surface area (Å²) in [4.78, 5) is 11.1. The van der Waals surface area contributed by atoms with Gasteiger partial charge in [0.1, 0.15) is 0 Å². The molecule has 0 radical (unpaired) electrons. The summed E-state index contributed by atoms with van der Waals surface area (Å²) in [6, 6.07) is 2.67. The van der Waals surface area contributed by atoms with Crippen LogP contribution in [-0.2, 0) is 0 Å². The van der Waals surface area contributed by atoms with E-state index in [1.807, 2.05) is 0 Å². The van der Waals surface area contributed by atoms with Gasteiger partial charge in [0.05, 0.1) is 23.6 Å². The Labute approximate surface area is 90.6 Å². The average molecular weight is 237 g/mol. The number of methoxy groups -OCH3 is 1. The van der Waals surface area contributed by atoms with Crippen LogP contribution in [0, 0.1) is 5.82 Å². The largest absolute Gasteiger partial charge is 0.492 e. The summed E-state index contributed by atoms with van der Waals surface area (Å²) < 4.78 is 18.2. The molecule has 1 aromatic carbocycles. The molecule has 5 heteroatoms. The standard InChI is InChI=1S/C9H7Cl2FO2/c1-14-9-6(11)3-2-5(8(9)12)7(13)4-10/h2-3H,4H2,1H3. The van der Waals surface area contributed by atoms with E-state index in [1.54, 1.807) is 0 Å². The highest BCUT2D eigenvalue weighted by atomic mass is 35.5. The fraction of sp³-hybridized carbons (Fsp3) is 0.222. The maximum absolute atomic E-state index is 13.5. The monoisotopic (exact) mass is 236 g/mol. The van der Waals surface area contributed by atoms with Gasteiger partial charge in [-0.25, -0.2) is 4.39 Å². The summed E-state index contributed by atoms with van der Waals surface area (Å²) in [6.45, 7) is 0. The maximum Gasteiger partial charge on any atom is 0.180 e. The van der Waals surface area contributed by atoms with Gasteiger partial charge >= 0.3 is 0 Å². The molecule has 76 valence electrons. The normalized spacial score (nSPS) is 10.0. The first-order chi connectivity index (χ1) is 6.61. The molecule has 1 aromatic rings. The zero-order chi connectivity index (χ0) is 10.7. The molecule has 0 saturated heterocycles. The zero-order valence-electron chi connectivity index (χ0n) is 7.31. The molecule has 0 atom stereocenters. The summed E-state index contributed by atoms with van der Waals surface area (Å²) in [5, 5.41) is 0.121.